The Bertz CT molecular complexity index is 80.9. The van der Waals surface area contributed by atoms with Crippen molar-refractivity contribution >= 4 is 36.2 Å². The Morgan fingerprint density at radius 3 is 2.80 bits per heavy atom. The zero-order chi connectivity index (χ0) is 7.82. The molecular formula is C7H14S3. The lowest BCUT2D eigenvalue weighted by Gasteiger charge is -2.01. The van der Waals surface area contributed by atoms with Crippen LogP contribution < -0.4 is 0 Å². The summed E-state index contributed by atoms with van der Waals surface area (Å²) in [5.74, 6) is 3.54. The normalized spacial score (nSPS) is 13.0. The Hall–Kier alpha value is 0.790. The quantitative estimate of drug-likeness (QED) is 0.510. The Labute approximate surface area is 77.6 Å². The first kappa shape index (κ1) is 10.8. The second kappa shape index (κ2) is 7.89. The molecule has 0 amide bonds. The van der Waals surface area contributed by atoms with Crippen LogP contribution in [0.2, 0.25) is 0 Å². The molecule has 0 aromatic carbocycles. The van der Waals surface area contributed by atoms with Crippen molar-refractivity contribution < 1.29 is 0 Å². The average molecular weight is 194 g/mol. The Morgan fingerprint density at radius 2 is 2.30 bits per heavy atom. The van der Waals surface area contributed by atoms with Crippen molar-refractivity contribution in [2.24, 2.45) is 0 Å². The van der Waals surface area contributed by atoms with Crippen LogP contribution in [-0.2, 0) is 0 Å². The van der Waals surface area contributed by atoms with E-state index >= 15 is 0 Å². The van der Waals surface area contributed by atoms with Crippen molar-refractivity contribution in [3.8, 4) is 0 Å². The molecule has 0 spiro atoms. The fraction of sp³-hybridized carbons (Fsp3) is 0.714. The topological polar surface area (TPSA) is 0 Å². The Kier molecular flexibility index (Phi) is 8.52. The predicted molar refractivity (Wildman–Crippen MR) is 58.4 cm³/mol. The van der Waals surface area contributed by atoms with E-state index < -0.39 is 0 Å². The van der Waals surface area contributed by atoms with Crippen LogP contribution in [0, 0.1) is 0 Å². The van der Waals surface area contributed by atoms with Gasteiger partial charge in [0.05, 0.1) is 0 Å². The summed E-state index contributed by atoms with van der Waals surface area (Å²) in [6, 6.07) is 0. The molecule has 0 saturated carbocycles. The molecule has 0 nitrogen and oxygen atoms in total. The van der Waals surface area contributed by atoms with E-state index in [-0.39, 0.29) is 0 Å². The van der Waals surface area contributed by atoms with Crippen LogP contribution in [0.25, 0.3) is 0 Å². The Balaban J connectivity index is 2.83. The molecule has 10 heavy (non-hydrogen) atoms. The third-order valence-electron chi connectivity index (χ3n) is 0.822. The molecule has 0 bridgehead atoms. The van der Waals surface area contributed by atoms with Gasteiger partial charge in [0.1, 0.15) is 0 Å². The molecule has 0 N–H and O–H groups in total. The van der Waals surface area contributed by atoms with Crippen LogP contribution in [0.1, 0.15) is 6.92 Å². The number of rotatable bonds is 6. The molecule has 3 heteroatoms. The molecule has 0 aliphatic carbocycles. The summed E-state index contributed by atoms with van der Waals surface area (Å²) in [6.07, 6.45) is 0. The zero-order valence-corrected chi connectivity index (χ0v) is 8.77. The van der Waals surface area contributed by atoms with E-state index in [4.69, 9.17) is 0 Å². The predicted octanol–water partition coefficient (Wildman–Crippen LogP) is 2.91. The number of hydrogen-bond donors (Lipinski definition) is 1. The van der Waals surface area contributed by atoms with E-state index in [9.17, 15) is 0 Å². The molecule has 0 fully saturated rings. The van der Waals surface area contributed by atoms with Crippen LogP contribution in [0.5, 0.6) is 0 Å². The van der Waals surface area contributed by atoms with E-state index in [0.29, 0.717) is 5.25 Å². The van der Waals surface area contributed by atoms with Crippen molar-refractivity contribution in [1.29, 1.82) is 0 Å². The van der Waals surface area contributed by atoms with Gasteiger partial charge >= 0.3 is 0 Å². The lowest BCUT2D eigenvalue weighted by molar-refractivity contribution is 1.14. The van der Waals surface area contributed by atoms with E-state index in [1.807, 2.05) is 17.2 Å². The van der Waals surface area contributed by atoms with Gasteiger partial charge in [-0.15, -0.1) is 11.8 Å². The molecule has 0 saturated heterocycles. The van der Waals surface area contributed by atoms with Crippen LogP contribution in [0.4, 0.5) is 0 Å². The molecule has 1 atom stereocenters. The maximum atomic E-state index is 4.28. The van der Waals surface area contributed by atoms with Gasteiger partial charge in [0.25, 0.3) is 0 Å². The van der Waals surface area contributed by atoms with Gasteiger partial charge in [-0.25, -0.2) is 0 Å². The first-order chi connectivity index (χ1) is 4.77. The van der Waals surface area contributed by atoms with Gasteiger partial charge in [0, 0.05) is 22.5 Å². The van der Waals surface area contributed by atoms with Gasteiger partial charge in [-0.1, -0.05) is 13.5 Å². The van der Waals surface area contributed by atoms with Crippen LogP contribution >= 0.6 is 36.2 Å². The van der Waals surface area contributed by atoms with Gasteiger partial charge < -0.3 is 0 Å². The van der Waals surface area contributed by atoms with Crippen LogP contribution in [-0.4, -0.2) is 22.5 Å². The van der Waals surface area contributed by atoms with Crippen LogP contribution in [0.15, 0.2) is 12.0 Å². The summed E-state index contributed by atoms with van der Waals surface area (Å²) < 4.78 is 0. The number of hydrogen-bond acceptors (Lipinski definition) is 3. The highest BCUT2D eigenvalue weighted by atomic mass is 32.2. The number of thioether (sulfide) groups is 2. The van der Waals surface area contributed by atoms with Gasteiger partial charge in [-0.05, 0) is 5.41 Å². The molecule has 0 radical (unpaired) electrons. The minimum Gasteiger partial charge on any atom is -0.175 e. The van der Waals surface area contributed by atoms with Crippen LogP contribution in [0.3, 0.4) is 0 Å². The standard InChI is InChI=1S/C7H14S3/c1-3-9-4-5-10-6-7(2)8/h3,7-8H,1,4-6H2,2H3. The molecule has 0 heterocycles. The molecule has 60 valence electrons. The summed E-state index contributed by atoms with van der Waals surface area (Å²) in [5, 5.41) is 2.42. The van der Waals surface area contributed by atoms with Gasteiger partial charge in [-0.2, -0.15) is 24.4 Å². The maximum Gasteiger partial charge on any atom is 0.00791 e. The molecule has 1 unspecified atom stereocenters. The van der Waals surface area contributed by atoms with E-state index in [1.54, 1.807) is 11.8 Å². The van der Waals surface area contributed by atoms with E-state index in [1.165, 1.54) is 11.5 Å². The minimum absolute atomic E-state index is 0.527. The maximum absolute atomic E-state index is 4.28. The van der Waals surface area contributed by atoms with Gasteiger partial charge in [0.2, 0.25) is 0 Å². The van der Waals surface area contributed by atoms with Crippen molar-refractivity contribution in [3.05, 3.63) is 12.0 Å². The largest absolute Gasteiger partial charge is 0.175 e. The molecule has 0 aromatic rings. The zero-order valence-electron chi connectivity index (χ0n) is 6.25. The SMILES string of the molecule is C=CSCCSCC(C)S. The van der Waals surface area contributed by atoms with Crippen molar-refractivity contribution in [3.63, 3.8) is 0 Å². The first-order valence-electron chi connectivity index (χ1n) is 3.25. The van der Waals surface area contributed by atoms with Gasteiger partial charge in [-0.3, -0.25) is 0 Å². The third-order valence-corrected chi connectivity index (χ3v) is 3.41. The van der Waals surface area contributed by atoms with Crippen molar-refractivity contribution in [2.75, 3.05) is 17.3 Å². The van der Waals surface area contributed by atoms with Crippen molar-refractivity contribution in [1.82, 2.24) is 0 Å². The highest BCUT2D eigenvalue weighted by Gasteiger charge is 1.93. The fourth-order valence-corrected chi connectivity index (χ4v) is 2.29. The molecule has 0 aliphatic rings. The lowest BCUT2D eigenvalue weighted by Crippen LogP contribution is -1.96. The smallest absolute Gasteiger partial charge is 0.00791 e. The fourth-order valence-electron chi connectivity index (χ4n) is 0.444. The second-order valence-corrected chi connectivity index (χ2v) is 5.07. The first-order valence-corrected chi connectivity index (χ1v) is 5.97. The van der Waals surface area contributed by atoms with Crippen molar-refractivity contribution in [2.45, 2.75) is 12.2 Å². The lowest BCUT2D eigenvalue weighted by atomic mass is 10.6. The summed E-state index contributed by atoms with van der Waals surface area (Å²) in [4.78, 5) is 0. The van der Waals surface area contributed by atoms with E-state index in [0.717, 1.165) is 5.75 Å². The highest BCUT2D eigenvalue weighted by Crippen LogP contribution is 2.10. The monoisotopic (exact) mass is 194 g/mol. The summed E-state index contributed by atoms with van der Waals surface area (Å²) in [6.45, 7) is 5.75. The molecule has 0 aliphatic heterocycles. The number of thiol groups is 1. The minimum atomic E-state index is 0.527. The summed E-state index contributed by atoms with van der Waals surface area (Å²) >= 11 is 8.01. The summed E-state index contributed by atoms with van der Waals surface area (Å²) in [5.41, 5.74) is 0. The second-order valence-electron chi connectivity index (χ2n) is 1.96. The van der Waals surface area contributed by atoms with Gasteiger partial charge in [0.15, 0.2) is 0 Å². The molecular weight excluding hydrogens is 180 g/mol. The Morgan fingerprint density at radius 1 is 1.60 bits per heavy atom. The summed E-state index contributed by atoms with van der Waals surface area (Å²) in [7, 11) is 0. The molecule has 0 rings (SSSR count). The molecule has 0 aromatic heterocycles. The average Bonchev–Trinajstić information content (AvgIpc) is 1.87. The highest BCUT2D eigenvalue weighted by molar-refractivity contribution is 8.04. The third kappa shape index (κ3) is 8.79. The van der Waals surface area contributed by atoms with E-state index in [2.05, 4.69) is 26.1 Å².